The Morgan fingerprint density at radius 1 is 1.02 bits per heavy atom. The zero-order valence-corrected chi connectivity index (χ0v) is 24.4. The van der Waals surface area contributed by atoms with E-state index in [9.17, 15) is 18.0 Å². The number of aryl methyl sites for hydroxylation is 1. The van der Waals surface area contributed by atoms with E-state index >= 15 is 0 Å². The van der Waals surface area contributed by atoms with Gasteiger partial charge >= 0.3 is 0 Å². The lowest BCUT2D eigenvalue weighted by atomic mass is 9.98. The molecule has 0 aromatic heterocycles. The fourth-order valence-electron chi connectivity index (χ4n) is 5.43. The quantitative estimate of drug-likeness (QED) is 0.418. The Balaban J connectivity index is 1.28. The highest BCUT2D eigenvalue weighted by molar-refractivity contribution is 7.89. The van der Waals surface area contributed by atoms with Crippen molar-refractivity contribution in [3.63, 3.8) is 0 Å². The maximum absolute atomic E-state index is 13.4. The van der Waals surface area contributed by atoms with E-state index in [0.29, 0.717) is 55.3 Å². The van der Waals surface area contributed by atoms with Crippen LogP contribution >= 0.6 is 0 Å². The zero-order chi connectivity index (χ0) is 29.1. The van der Waals surface area contributed by atoms with Crippen molar-refractivity contribution in [3.05, 3.63) is 77.4 Å². The Morgan fingerprint density at radius 2 is 1.80 bits per heavy atom. The van der Waals surface area contributed by atoms with Gasteiger partial charge < -0.3 is 19.7 Å². The highest BCUT2D eigenvalue weighted by Gasteiger charge is 2.34. The fourth-order valence-corrected chi connectivity index (χ4v) is 7.03. The molecule has 2 aliphatic rings. The van der Waals surface area contributed by atoms with E-state index in [4.69, 9.17) is 9.47 Å². The van der Waals surface area contributed by atoms with Crippen molar-refractivity contribution >= 4 is 33.2 Å². The van der Waals surface area contributed by atoms with Crippen LogP contribution in [0.1, 0.15) is 41.3 Å². The second-order valence-corrected chi connectivity index (χ2v) is 12.3. The molecule has 3 aromatic rings. The minimum Gasteiger partial charge on any atom is -0.497 e. The number of anilines is 2. The summed E-state index contributed by atoms with van der Waals surface area (Å²) in [5, 5.41) is 2.97. The first-order chi connectivity index (χ1) is 19.7. The minimum absolute atomic E-state index is 0.105. The summed E-state index contributed by atoms with van der Waals surface area (Å²) in [6, 6.07) is 17.4. The first kappa shape index (κ1) is 28.6. The fraction of sp³-hybridized carbons (Fsp3) is 0.355. The number of hydrogen-bond acceptors (Lipinski definition) is 6. The Bertz CT molecular complexity index is 1550. The monoisotopic (exact) mass is 577 g/mol. The van der Waals surface area contributed by atoms with Gasteiger partial charge in [-0.25, -0.2) is 8.42 Å². The van der Waals surface area contributed by atoms with Gasteiger partial charge in [-0.05, 0) is 98.8 Å². The molecule has 1 atom stereocenters. The summed E-state index contributed by atoms with van der Waals surface area (Å²) >= 11 is 0. The Morgan fingerprint density at radius 3 is 2.51 bits per heavy atom. The number of benzene rings is 3. The normalized spacial score (nSPS) is 17.1. The number of nitrogens with zero attached hydrogens (tertiary/aromatic N) is 2. The first-order valence-corrected chi connectivity index (χ1v) is 15.3. The van der Waals surface area contributed by atoms with Crippen molar-refractivity contribution in [2.75, 3.05) is 43.6 Å². The predicted molar refractivity (Wildman–Crippen MR) is 157 cm³/mol. The molecule has 216 valence electrons. The maximum Gasteiger partial charge on any atom is 0.258 e. The van der Waals surface area contributed by atoms with Crippen LogP contribution in [-0.2, 0) is 21.2 Å². The van der Waals surface area contributed by atoms with Crippen molar-refractivity contribution in [1.29, 1.82) is 0 Å². The van der Waals surface area contributed by atoms with Gasteiger partial charge in [-0.3, -0.25) is 9.59 Å². The average molecular weight is 578 g/mol. The molecule has 10 heteroatoms. The Kier molecular flexibility index (Phi) is 8.32. The Labute approximate surface area is 241 Å². The van der Waals surface area contributed by atoms with Crippen LogP contribution in [0.4, 0.5) is 11.4 Å². The molecule has 0 radical (unpaired) electrons. The lowest BCUT2D eigenvalue weighted by Gasteiger charge is -2.31. The van der Waals surface area contributed by atoms with Crippen LogP contribution in [0.15, 0.2) is 65.6 Å². The van der Waals surface area contributed by atoms with Gasteiger partial charge in [0.2, 0.25) is 15.9 Å². The number of sulfonamides is 1. The maximum atomic E-state index is 13.4. The van der Waals surface area contributed by atoms with Gasteiger partial charge in [-0.15, -0.1) is 0 Å². The molecule has 41 heavy (non-hydrogen) atoms. The summed E-state index contributed by atoms with van der Waals surface area (Å²) in [6.07, 6.45) is 1.90. The topological polar surface area (TPSA) is 105 Å². The third kappa shape index (κ3) is 5.94. The third-order valence-corrected chi connectivity index (χ3v) is 9.53. The number of carbonyl (C=O) groups is 2. The number of fused-ring (bicyclic) bond motifs is 1. The van der Waals surface area contributed by atoms with E-state index in [-0.39, 0.29) is 23.3 Å². The average Bonchev–Trinajstić information content (AvgIpc) is 3.41. The summed E-state index contributed by atoms with van der Waals surface area (Å²) < 4.78 is 39.0. The molecular formula is C31H35N3O6S. The molecule has 0 bridgehead atoms. The summed E-state index contributed by atoms with van der Waals surface area (Å²) in [7, 11) is -2.19. The van der Waals surface area contributed by atoms with Gasteiger partial charge in [0.1, 0.15) is 11.5 Å². The number of rotatable bonds is 8. The highest BCUT2D eigenvalue weighted by Crippen LogP contribution is 2.33. The highest BCUT2D eigenvalue weighted by atomic mass is 32.2. The second-order valence-electron chi connectivity index (χ2n) is 10.3. The minimum atomic E-state index is -3.77. The molecule has 2 amide bonds. The smallest absolute Gasteiger partial charge is 0.258 e. The van der Waals surface area contributed by atoms with Crippen molar-refractivity contribution in [3.8, 4) is 11.5 Å². The molecule has 9 nitrogen and oxygen atoms in total. The summed E-state index contributed by atoms with van der Waals surface area (Å²) in [5.74, 6) is 0.483. The van der Waals surface area contributed by atoms with Crippen LogP contribution in [0.5, 0.6) is 11.5 Å². The molecule has 1 saturated heterocycles. The van der Waals surface area contributed by atoms with Gasteiger partial charge in [-0.2, -0.15) is 4.31 Å². The van der Waals surface area contributed by atoms with Gasteiger partial charge in [0, 0.05) is 36.6 Å². The van der Waals surface area contributed by atoms with Gasteiger partial charge in [0.25, 0.3) is 5.91 Å². The molecule has 1 fully saturated rings. The molecule has 0 spiro atoms. The van der Waals surface area contributed by atoms with Crippen LogP contribution in [0.2, 0.25) is 0 Å². The number of hydrogen-bond donors (Lipinski definition) is 1. The van der Waals surface area contributed by atoms with Crippen LogP contribution < -0.4 is 19.7 Å². The van der Waals surface area contributed by atoms with E-state index < -0.39 is 15.9 Å². The Hall–Kier alpha value is -3.89. The van der Waals surface area contributed by atoms with E-state index in [1.807, 2.05) is 32.0 Å². The number of nitrogens with one attached hydrogen (secondary N) is 1. The number of ether oxygens (including phenoxy) is 2. The molecule has 0 unspecified atom stereocenters. The lowest BCUT2D eigenvalue weighted by Crippen LogP contribution is -2.43. The first-order valence-electron chi connectivity index (χ1n) is 13.8. The van der Waals surface area contributed by atoms with Gasteiger partial charge in [-0.1, -0.05) is 6.07 Å². The summed E-state index contributed by atoms with van der Waals surface area (Å²) in [4.78, 5) is 28.5. The van der Waals surface area contributed by atoms with Crippen LogP contribution in [0, 0.1) is 12.8 Å². The van der Waals surface area contributed by atoms with Crippen molar-refractivity contribution in [2.24, 2.45) is 5.92 Å². The third-order valence-electron chi connectivity index (χ3n) is 7.67. The molecule has 2 aliphatic heterocycles. The number of piperidine rings is 1. The van der Waals surface area contributed by atoms with Crippen LogP contribution in [0.3, 0.4) is 0 Å². The number of methoxy groups -OCH3 is 1. The summed E-state index contributed by atoms with van der Waals surface area (Å²) in [5.41, 5.74) is 3.67. The van der Waals surface area contributed by atoms with Gasteiger partial charge in [0.15, 0.2) is 0 Å². The van der Waals surface area contributed by atoms with Crippen LogP contribution in [-0.4, -0.2) is 57.9 Å². The standard InChI is InChI=1S/C31H35N3O6S/c1-4-40-29-14-13-27(18-21(29)2)41(37,38)33-16-5-6-24(20-33)30(35)32-25-10-7-22-15-17-34(28(22)19-25)31(36)23-8-11-26(39-3)12-9-23/h7-14,18-19,24H,4-6,15-17,20H2,1-3H3,(H,32,35)/t24-/m1/s1. The van der Waals surface area contributed by atoms with Crippen molar-refractivity contribution < 1.29 is 27.5 Å². The lowest BCUT2D eigenvalue weighted by molar-refractivity contribution is -0.120. The SMILES string of the molecule is CCOc1ccc(S(=O)(=O)N2CCC[C@@H](C(=O)Nc3ccc4c(c3)N(C(=O)c3ccc(OC)cc3)CC4)C2)cc1C. The molecule has 0 saturated carbocycles. The van der Waals surface area contributed by atoms with Gasteiger partial charge in [0.05, 0.1) is 24.5 Å². The van der Waals surface area contributed by atoms with E-state index in [0.717, 1.165) is 23.2 Å². The molecule has 0 aliphatic carbocycles. The van der Waals surface area contributed by atoms with Crippen molar-refractivity contribution in [2.45, 2.75) is 38.0 Å². The molecular weight excluding hydrogens is 542 g/mol. The zero-order valence-electron chi connectivity index (χ0n) is 23.6. The predicted octanol–water partition coefficient (Wildman–Crippen LogP) is 4.64. The molecule has 5 rings (SSSR count). The number of carbonyl (C=O) groups excluding carboxylic acids is 2. The molecule has 1 N–H and O–H groups in total. The van der Waals surface area contributed by atoms with Crippen LogP contribution in [0.25, 0.3) is 0 Å². The number of amides is 2. The second kappa shape index (κ2) is 11.9. The summed E-state index contributed by atoms with van der Waals surface area (Å²) in [6.45, 7) is 5.21. The van der Waals surface area contributed by atoms with E-state index in [1.165, 1.54) is 4.31 Å². The van der Waals surface area contributed by atoms with Crippen molar-refractivity contribution in [1.82, 2.24) is 4.31 Å². The molecule has 3 aromatic carbocycles. The van der Waals surface area contributed by atoms with E-state index in [2.05, 4.69) is 5.32 Å². The largest absolute Gasteiger partial charge is 0.497 e. The van der Waals surface area contributed by atoms with E-state index in [1.54, 1.807) is 54.5 Å². The molecule has 2 heterocycles.